The van der Waals surface area contributed by atoms with Crippen molar-refractivity contribution in [1.82, 2.24) is 0 Å². The van der Waals surface area contributed by atoms with Crippen LogP contribution in [-0.2, 0) is 0 Å². The van der Waals surface area contributed by atoms with Crippen LogP contribution in [0.2, 0.25) is 5.04 Å². The maximum absolute atomic E-state index is 2.65. The predicted molar refractivity (Wildman–Crippen MR) is 154 cm³/mol. The number of benzene rings is 1. The summed E-state index contributed by atoms with van der Waals surface area (Å²) >= 11 is 0. The number of hydrogen-bond donors (Lipinski definition) is 0. The largest absolute Gasteiger partial charge is 0.0741 e. The molecule has 0 fully saturated rings. The Kier molecular flexibility index (Phi) is 14.1. The lowest BCUT2D eigenvalue weighted by atomic mass is 9.94. The lowest BCUT2D eigenvalue weighted by Gasteiger charge is -2.30. The van der Waals surface area contributed by atoms with Gasteiger partial charge in [-0.15, -0.1) is 0 Å². The number of rotatable bonds is 19. The SMILES string of the molecule is CCCCCCCCCCCCCCCCCCC1([SiH2]c2ccccc2)C=C(C)C(C)=C1C. The summed E-state index contributed by atoms with van der Waals surface area (Å²) in [5, 5.41) is 2.01. The van der Waals surface area contributed by atoms with Gasteiger partial charge in [-0.2, -0.15) is 0 Å². The van der Waals surface area contributed by atoms with E-state index in [1.165, 1.54) is 115 Å². The monoisotopic (exact) mass is 466 g/mol. The molecule has 2 rings (SSSR count). The Hall–Kier alpha value is -1.08. The molecule has 0 bridgehead atoms. The summed E-state index contributed by atoms with van der Waals surface area (Å²) in [5.74, 6) is 0. The first-order valence-electron chi connectivity index (χ1n) is 14.5. The van der Waals surface area contributed by atoms with E-state index in [0.717, 1.165) is 0 Å². The first kappa shape index (κ1) is 28.2. The topological polar surface area (TPSA) is 0 Å². The molecule has 1 atom stereocenters. The fourth-order valence-corrected chi connectivity index (χ4v) is 8.38. The van der Waals surface area contributed by atoms with Gasteiger partial charge >= 0.3 is 0 Å². The van der Waals surface area contributed by atoms with Crippen LogP contribution in [-0.4, -0.2) is 9.52 Å². The van der Waals surface area contributed by atoms with Gasteiger partial charge in [-0.3, -0.25) is 0 Å². The van der Waals surface area contributed by atoms with Crippen LogP contribution in [0.5, 0.6) is 0 Å². The molecule has 33 heavy (non-hydrogen) atoms. The molecule has 186 valence electrons. The molecule has 0 amide bonds. The third-order valence-corrected chi connectivity index (χ3v) is 10.8. The third-order valence-electron chi connectivity index (χ3n) is 8.23. The summed E-state index contributed by atoms with van der Waals surface area (Å²) in [6.45, 7) is 9.39. The zero-order valence-electron chi connectivity index (χ0n) is 22.7. The Morgan fingerprint density at radius 1 is 0.606 bits per heavy atom. The maximum Gasteiger partial charge on any atom is 0.0705 e. The predicted octanol–water partition coefficient (Wildman–Crippen LogP) is 9.59. The fraction of sp³-hybridized carbons (Fsp3) is 0.688. The van der Waals surface area contributed by atoms with Gasteiger partial charge in [0.1, 0.15) is 0 Å². The molecule has 1 aliphatic carbocycles. The van der Waals surface area contributed by atoms with Gasteiger partial charge in [0.15, 0.2) is 0 Å². The Morgan fingerprint density at radius 2 is 1.06 bits per heavy atom. The second-order valence-corrected chi connectivity index (χ2v) is 13.4. The molecule has 1 aromatic carbocycles. The quantitative estimate of drug-likeness (QED) is 0.141. The minimum absolute atomic E-state index is 0.353. The summed E-state index contributed by atoms with van der Waals surface area (Å²) in [6.07, 6.45) is 27.2. The van der Waals surface area contributed by atoms with Gasteiger partial charge in [0.05, 0.1) is 9.52 Å². The van der Waals surface area contributed by atoms with Gasteiger partial charge in [-0.1, -0.05) is 162 Å². The highest BCUT2D eigenvalue weighted by Gasteiger charge is 2.35. The van der Waals surface area contributed by atoms with Crippen molar-refractivity contribution in [3.63, 3.8) is 0 Å². The molecule has 1 aromatic rings. The van der Waals surface area contributed by atoms with Gasteiger partial charge in [-0.05, 0) is 32.8 Å². The summed E-state index contributed by atoms with van der Waals surface area (Å²) in [5.41, 5.74) is 4.78. The van der Waals surface area contributed by atoms with Gasteiger partial charge < -0.3 is 0 Å². The van der Waals surface area contributed by atoms with Crippen molar-refractivity contribution < 1.29 is 0 Å². The van der Waals surface area contributed by atoms with Crippen molar-refractivity contribution in [2.24, 2.45) is 0 Å². The number of unbranched alkanes of at least 4 members (excludes halogenated alkanes) is 15. The third kappa shape index (κ3) is 10.4. The first-order chi connectivity index (χ1) is 16.1. The average molecular weight is 467 g/mol. The van der Waals surface area contributed by atoms with Gasteiger partial charge in [0, 0.05) is 5.04 Å². The molecule has 0 spiro atoms. The average Bonchev–Trinajstić information content (AvgIpc) is 3.03. The summed E-state index contributed by atoms with van der Waals surface area (Å²) in [6, 6.07) is 11.3. The fourth-order valence-electron chi connectivity index (χ4n) is 5.78. The van der Waals surface area contributed by atoms with Crippen molar-refractivity contribution in [3.8, 4) is 0 Å². The molecule has 0 heterocycles. The van der Waals surface area contributed by atoms with Crippen molar-refractivity contribution in [2.75, 3.05) is 0 Å². The molecule has 0 radical (unpaired) electrons. The normalized spacial score (nSPS) is 18.6. The Balaban J connectivity index is 1.54. The molecule has 0 saturated heterocycles. The van der Waals surface area contributed by atoms with Crippen LogP contribution < -0.4 is 5.19 Å². The van der Waals surface area contributed by atoms with Crippen molar-refractivity contribution in [2.45, 2.75) is 142 Å². The van der Waals surface area contributed by atoms with Crippen molar-refractivity contribution >= 4 is 14.7 Å². The Bertz CT molecular complexity index is 698. The van der Waals surface area contributed by atoms with Gasteiger partial charge in [-0.25, -0.2) is 0 Å². The van der Waals surface area contributed by atoms with Crippen LogP contribution in [0.15, 0.2) is 53.1 Å². The van der Waals surface area contributed by atoms with E-state index in [1.807, 2.05) is 0 Å². The number of allylic oxidation sites excluding steroid dienone is 4. The van der Waals surface area contributed by atoms with Crippen LogP contribution in [0.25, 0.3) is 0 Å². The minimum atomic E-state index is -0.353. The second kappa shape index (κ2) is 16.5. The Morgan fingerprint density at radius 3 is 1.48 bits per heavy atom. The van der Waals surface area contributed by atoms with Crippen molar-refractivity contribution in [1.29, 1.82) is 0 Å². The van der Waals surface area contributed by atoms with Crippen LogP contribution in [0.4, 0.5) is 0 Å². The highest BCUT2D eigenvalue weighted by molar-refractivity contribution is 6.58. The molecule has 0 aromatic heterocycles. The maximum atomic E-state index is 2.65. The smallest absolute Gasteiger partial charge is 0.0705 e. The van der Waals surface area contributed by atoms with E-state index in [9.17, 15) is 0 Å². The van der Waals surface area contributed by atoms with E-state index in [0.29, 0.717) is 5.04 Å². The van der Waals surface area contributed by atoms with Crippen LogP contribution in [0.1, 0.15) is 137 Å². The summed E-state index contributed by atoms with van der Waals surface area (Å²) < 4.78 is 0. The minimum Gasteiger partial charge on any atom is -0.0741 e. The highest BCUT2D eigenvalue weighted by atomic mass is 28.2. The molecule has 0 aliphatic heterocycles. The summed E-state index contributed by atoms with van der Waals surface area (Å²) in [4.78, 5) is 0. The molecular weight excluding hydrogens is 412 g/mol. The van der Waals surface area contributed by atoms with E-state index in [2.05, 4.69) is 64.1 Å². The van der Waals surface area contributed by atoms with Crippen LogP contribution >= 0.6 is 0 Å². The van der Waals surface area contributed by atoms with Gasteiger partial charge in [0.2, 0.25) is 0 Å². The molecule has 1 heteroatoms. The molecule has 1 aliphatic rings. The standard InChI is InChI=1S/C32H54Si/c1-5-6-7-8-9-10-11-12-13-14-15-16-17-18-19-23-26-32(27-28(2)29(3)30(32)4)33-31-24-21-20-22-25-31/h20-22,24-25,27H,5-19,23,26,33H2,1-4H3. The lowest BCUT2D eigenvalue weighted by molar-refractivity contribution is 0.522. The van der Waals surface area contributed by atoms with E-state index >= 15 is 0 Å². The van der Waals surface area contributed by atoms with Gasteiger partial charge in [0.25, 0.3) is 0 Å². The zero-order valence-corrected chi connectivity index (χ0v) is 24.1. The van der Waals surface area contributed by atoms with E-state index in [-0.39, 0.29) is 9.52 Å². The van der Waals surface area contributed by atoms with E-state index in [1.54, 1.807) is 16.3 Å². The Labute approximate surface area is 209 Å². The molecule has 0 N–H and O–H groups in total. The molecular formula is C32H54Si. The van der Waals surface area contributed by atoms with Crippen LogP contribution in [0.3, 0.4) is 0 Å². The van der Waals surface area contributed by atoms with E-state index < -0.39 is 0 Å². The molecule has 0 nitrogen and oxygen atoms in total. The first-order valence-corrected chi connectivity index (χ1v) is 15.9. The second-order valence-electron chi connectivity index (χ2n) is 10.9. The summed E-state index contributed by atoms with van der Waals surface area (Å²) in [7, 11) is -0.353. The highest BCUT2D eigenvalue weighted by Crippen LogP contribution is 2.49. The molecule has 1 unspecified atom stereocenters. The zero-order chi connectivity index (χ0) is 23.8. The van der Waals surface area contributed by atoms with Crippen LogP contribution in [0, 0.1) is 0 Å². The van der Waals surface area contributed by atoms with Crippen molar-refractivity contribution in [3.05, 3.63) is 53.1 Å². The van der Waals surface area contributed by atoms with E-state index in [4.69, 9.17) is 0 Å². The molecule has 0 saturated carbocycles. The lowest BCUT2D eigenvalue weighted by Crippen LogP contribution is -2.29. The number of hydrogen-bond acceptors (Lipinski definition) is 0.